The van der Waals surface area contributed by atoms with E-state index in [0.29, 0.717) is 6.54 Å². The molecule has 0 aliphatic rings. The summed E-state index contributed by atoms with van der Waals surface area (Å²) in [6, 6.07) is 5.45. The van der Waals surface area contributed by atoms with E-state index in [1.807, 2.05) is 6.92 Å². The van der Waals surface area contributed by atoms with Crippen LogP contribution < -0.4 is 5.32 Å². The van der Waals surface area contributed by atoms with Gasteiger partial charge >= 0.3 is 6.18 Å². The quantitative estimate of drug-likeness (QED) is 0.926. The van der Waals surface area contributed by atoms with E-state index in [1.165, 1.54) is 12.1 Å². The van der Waals surface area contributed by atoms with Crippen LogP contribution in [0.1, 0.15) is 16.8 Å². The topological polar surface area (TPSA) is 29.9 Å². The Bertz CT molecular complexity index is 573. The molecule has 0 amide bonds. The number of nitrogens with zero attached hydrogens (tertiary/aromatic N) is 2. The van der Waals surface area contributed by atoms with Crippen molar-refractivity contribution in [1.82, 2.24) is 9.78 Å². The minimum absolute atomic E-state index is 0.0817. The standard InChI is InChI=1S/C13H14F3N3/c1-9-10(8-18-19(9)2)7-17-12-6-4-3-5-11(12)13(14,15)16/h3-6,8,17H,7H2,1-2H3. The molecular weight excluding hydrogens is 255 g/mol. The lowest BCUT2D eigenvalue weighted by molar-refractivity contribution is -0.136. The minimum Gasteiger partial charge on any atom is -0.380 e. The van der Waals surface area contributed by atoms with Crippen LogP contribution in [-0.4, -0.2) is 9.78 Å². The first kappa shape index (κ1) is 13.5. The molecule has 6 heteroatoms. The molecule has 2 rings (SSSR count). The molecule has 102 valence electrons. The van der Waals surface area contributed by atoms with E-state index in [-0.39, 0.29) is 5.69 Å². The summed E-state index contributed by atoms with van der Waals surface area (Å²) in [6.07, 6.45) is -2.70. The molecule has 0 fully saturated rings. The minimum atomic E-state index is -4.35. The lowest BCUT2D eigenvalue weighted by Crippen LogP contribution is -2.10. The number of benzene rings is 1. The van der Waals surface area contributed by atoms with Crippen molar-refractivity contribution in [1.29, 1.82) is 0 Å². The van der Waals surface area contributed by atoms with Gasteiger partial charge in [-0.1, -0.05) is 12.1 Å². The molecule has 3 nitrogen and oxygen atoms in total. The summed E-state index contributed by atoms with van der Waals surface area (Å²) in [4.78, 5) is 0. The SMILES string of the molecule is Cc1c(CNc2ccccc2C(F)(F)F)cnn1C. The van der Waals surface area contributed by atoms with Gasteiger partial charge in [-0.3, -0.25) is 4.68 Å². The van der Waals surface area contributed by atoms with E-state index in [1.54, 1.807) is 24.0 Å². The van der Waals surface area contributed by atoms with Gasteiger partial charge in [-0.2, -0.15) is 18.3 Å². The lowest BCUT2D eigenvalue weighted by atomic mass is 10.1. The molecule has 1 aromatic heterocycles. The van der Waals surface area contributed by atoms with Crippen LogP contribution in [0.4, 0.5) is 18.9 Å². The first-order chi connectivity index (χ1) is 8.89. The van der Waals surface area contributed by atoms with Gasteiger partial charge in [-0.15, -0.1) is 0 Å². The number of aromatic nitrogens is 2. The average Bonchev–Trinajstić information content (AvgIpc) is 2.67. The summed E-state index contributed by atoms with van der Waals surface area (Å²) in [5.41, 5.74) is 1.23. The number of hydrogen-bond acceptors (Lipinski definition) is 2. The second-order valence-electron chi connectivity index (χ2n) is 4.28. The summed E-state index contributed by atoms with van der Waals surface area (Å²) in [6.45, 7) is 2.19. The number of nitrogens with one attached hydrogen (secondary N) is 1. The van der Waals surface area contributed by atoms with Crippen molar-refractivity contribution in [3.05, 3.63) is 47.3 Å². The highest BCUT2D eigenvalue weighted by atomic mass is 19.4. The van der Waals surface area contributed by atoms with Gasteiger partial charge in [0, 0.05) is 30.5 Å². The fourth-order valence-corrected chi connectivity index (χ4v) is 1.79. The highest BCUT2D eigenvalue weighted by Crippen LogP contribution is 2.34. The Labute approximate surface area is 109 Å². The largest absolute Gasteiger partial charge is 0.418 e. The van der Waals surface area contributed by atoms with E-state index < -0.39 is 11.7 Å². The monoisotopic (exact) mass is 269 g/mol. The van der Waals surface area contributed by atoms with E-state index in [9.17, 15) is 13.2 Å². The smallest absolute Gasteiger partial charge is 0.380 e. The fourth-order valence-electron chi connectivity index (χ4n) is 1.79. The van der Waals surface area contributed by atoms with Gasteiger partial charge in [0.15, 0.2) is 0 Å². The zero-order valence-corrected chi connectivity index (χ0v) is 10.6. The van der Waals surface area contributed by atoms with Crippen molar-refractivity contribution < 1.29 is 13.2 Å². The van der Waals surface area contributed by atoms with Crippen LogP contribution in [0.3, 0.4) is 0 Å². The van der Waals surface area contributed by atoms with E-state index in [4.69, 9.17) is 0 Å². The Morgan fingerprint density at radius 1 is 1.26 bits per heavy atom. The molecule has 0 bridgehead atoms. The maximum atomic E-state index is 12.8. The number of halogens is 3. The third kappa shape index (κ3) is 2.89. The Balaban J connectivity index is 2.19. The predicted molar refractivity (Wildman–Crippen MR) is 66.7 cm³/mol. The third-order valence-corrected chi connectivity index (χ3v) is 3.04. The fraction of sp³-hybridized carbons (Fsp3) is 0.308. The molecule has 0 unspecified atom stereocenters. The number of hydrogen-bond donors (Lipinski definition) is 1. The van der Waals surface area contributed by atoms with Gasteiger partial charge in [0.25, 0.3) is 0 Å². The number of alkyl halides is 3. The van der Waals surface area contributed by atoms with Gasteiger partial charge in [0.1, 0.15) is 0 Å². The maximum Gasteiger partial charge on any atom is 0.418 e. The van der Waals surface area contributed by atoms with Crippen molar-refractivity contribution in [3.8, 4) is 0 Å². The third-order valence-electron chi connectivity index (χ3n) is 3.04. The van der Waals surface area contributed by atoms with Crippen molar-refractivity contribution in [2.24, 2.45) is 7.05 Å². The van der Waals surface area contributed by atoms with Gasteiger partial charge in [0.05, 0.1) is 11.8 Å². The van der Waals surface area contributed by atoms with Crippen LogP contribution in [-0.2, 0) is 19.8 Å². The summed E-state index contributed by atoms with van der Waals surface area (Å²) in [5.74, 6) is 0. The highest BCUT2D eigenvalue weighted by Gasteiger charge is 2.33. The lowest BCUT2D eigenvalue weighted by Gasteiger charge is -2.14. The summed E-state index contributed by atoms with van der Waals surface area (Å²) < 4.78 is 40.1. The average molecular weight is 269 g/mol. The van der Waals surface area contributed by atoms with Crippen molar-refractivity contribution in [2.75, 3.05) is 5.32 Å². The Morgan fingerprint density at radius 2 is 1.95 bits per heavy atom. The summed E-state index contributed by atoms with van der Waals surface area (Å²) in [5, 5.41) is 6.87. The summed E-state index contributed by atoms with van der Waals surface area (Å²) in [7, 11) is 1.79. The maximum absolute atomic E-state index is 12.8. The van der Waals surface area contributed by atoms with Gasteiger partial charge in [0.2, 0.25) is 0 Å². The second-order valence-corrected chi connectivity index (χ2v) is 4.28. The first-order valence-corrected chi connectivity index (χ1v) is 5.77. The Hall–Kier alpha value is -1.98. The molecule has 19 heavy (non-hydrogen) atoms. The molecular formula is C13H14F3N3. The van der Waals surface area contributed by atoms with Crippen LogP contribution in [0.15, 0.2) is 30.5 Å². The Kier molecular flexibility index (Phi) is 3.50. The van der Waals surface area contributed by atoms with E-state index in [0.717, 1.165) is 17.3 Å². The van der Waals surface area contributed by atoms with Crippen molar-refractivity contribution in [2.45, 2.75) is 19.6 Å². The molecule has 1 heterocycles. The number of anilines is 1. The molecule has 0 aliphatic carbocycles. The molecule has 2 aromatic rings. The van der Waals surface area contributed by atoms with E-state index >= 15 is 0 Å². The van der Waals surface area contributed by atoms with Gasteiger partial charge in [-0.05, 0) is 19.1 Å². The van der Waals surface area contributed by atoms with Crippen LogP contribution in [0, 0.1) is 6.92 Å². The van der Waals surface area contributed by atoms with Crippen LogP contribution in [0.25, 0.3) is 0 Å². The molecule has 1 aromatic carbocycles. The number of rotatable bonds is 3. The van der Waals surface area contributed by atoms with E-state index in [2.05, 4.69) is 10.4 Å². The first-order valence-electron chi connectivity index (χ1n) is 5.77. The van der Waals surface area contributed by atoms with Crippen LogP contribution in [0.2, 0.25) is 0 Å². The molecule has 0 atom stereocenters. The number of aryl methyl sites for hydroxylation is 1. The zero-order valence-electron chi connectivity index (χ0n) is 10.6. The van der Waals surface area contributed by atoms with Gasteiger partial charge in [-0.25, -0.2) is 0 Å². The second kappa shape index (κ2) is 4.95. The van der Waals surface area contributed by atoms with Gasteiger partial charge < -0.3 is 5.32 Å². The van der Waals surface area contributed by atoms with Crippen LogP contribution >= 0.6 is 0 Å². The zero-order chi connectivity index (χ0) is 14.0. The van der Waals surface area contributed by atoms with Crippen LogP contribution in [0.5, 0.6) is 0 Å². The molecule has 0 saturated heterocycles. The molecule has 0 aliphatic heterocycles. The predicted octanol–water partition coefficient (Wildman–Crippen LogP) is 3.36. The Morgan fingerprint density at radius 3 is 2.53 bits per heavy atom. The molecule has 0 radical (unpaired) electrons. The highest BCUT2D eigenvalue weighted by molar-refractivity contribution is 5.52. The normalized spacial score (nSPS) is 11.6. The van der Waals surface area contributed by atoms with Crippen molar-refractivity contribution in [3.63, 3.8) is 0 Å². The number of para-hydroxylation sites is 1. The molecule has 1 N–H and O–H groups in total. The summed E-state index contributed by atoms with van der Waals surface area (Å²) >= 11 is 0. The molecule has 0 saturated carbocycles. The molecule has 0 spiro atoms. The van der Waals surface area contributed by atoms with Crippen molar-refractivity contribution >= 4 is 5.69 Å².